The highest BCUT2D eigenvalue weighted by Crippen LogP contribution is 2.48. The molecule has 1 aliphatic carbocycles. The van der Waals surface area contributed by atoms with Crippen molar-refractivity contribution in [2.45, 2.75) is 19.3 Å². The van der Waals surface area contributed by atoms with Crippen LogP contribution in [0, 0.1) is 5.41 Å². The summed E-state index contributed by atoms with van der Waals surface area (Å²) in [7, 11) is 0. The molecule has 0 saturated heterocycles. The van der Waals surface area contributed by atoms with E-state index in [1.54, 1.807) is 18.2 Å². The van der Waals surface area contributed by atoms with E-state index in [1.165, 1.54) is 0 Å². The number of carbonyl (C=O) groups is 1. The quantitative estimate of drug-likeness (QED) is 0.885. The molecular formula is C11H10Cl2O2. The minimum atomic E-state index is -0.724. The van der Waals surface area contributed by atoms with Gasteiger partial charge in [-0.1, -0.05) is 23.2 Å². The average Bonchev–Trinajstić information content (AvgIpc) is 2.83. The lowest BCUT2D eigenvalue weighted by atomic mass is 9.97. The Balaban J connectivity index is 2.21. The summed E-state index contributed by atoms with van der Waals surface area (Å²) >= 11 is 11.7. The van der Waals surface area contributed by atoms with E-state index in [2.05, 4.69) is 0 Å². The van der Waals surface area contributed by atoms with E-state index in [4.69, 9.17) is 28.3 Å². The third kappa shape index (κ3) is 2.27. The summed E-state index contributed by atoms with van der Waals surface area (Å²) < 4.78 is 0. The monoisotopic (exact) mass is 244 g/mol. The van der Waals surface area contributed by atoms with Gasteiger partial charge in [0.15, 0.2) is 0 Å². The number of carboxylic acid groups (broad SMARTS) is 1. The molecule has 1 fully saturated rings. The molecule has 0 atom stereocenters. The Hall–Kier alpha value is -0.730. The van der Waals surface area contributed by atoms with Crippen LogP contribution in [0.25, 0.3) is 0 Å². The topological polar surface area (TPSA) is 37.3 Å². The maximum absolute atomic E-state index is 11.0. The van der Waals surface area contributed by atoms with Crippen molar-refractivity contribution in [3.05, 3.63) is 33.8 Å². The number of aliphatic carboxylic acids is 1. The Kier molecular flexibility index (Phi) is 2.65. The van der Waals surface area contributed by atoms with Gasteiger partial charge >= 0.3 is 5.97 Å². The standard InChI is InChI=1S/C11H10Cl2O2/c12-8-3-7(4-9(13)5-8)6-11(1-2-11)10(14)15/h3-5H,1-2,6H2,(H,14,15). The lowest BCUT2D eigenvalue weighted by Gasteiger charge is -2.10. The predicted molar refractivity (Wildman–Crippen MR) is 59.5 cm³/mol. The van der Waals surface area contributed by atoms with Gasteiger partial charge in [0.2, 0.25) is 0 Å². The Bertz CT molecular complexity index is 391. The molecule has 4 heteroatoms. The Labute approximate surface area is 97.8 Å². The summed E-state index contributed by atoms with van der Waals surface area (Å²) in [6.07, 6.45) is 2.00. The summed E-state index contributed by atoms with van der Waals surface area (Å²) in [6.45, 7) is 0. The first kappa shape index (κ1) is 10.8. The first-order valence-electron chi connectivity index (χ1n) is 4.70. The fourth-order valence-electron chi connectivity index (χ4n) is 1.72. The second kappa shape index (κ2) is 3.69. The van der Waals surface area contributed by atoms with Crippen LogP contribution in [0.5, 0.6) is 0 Å². The van der Waals surface area contributed by atoms with E-state index >= 15 is 0 Å². The van der Waals surface area contributed by atoms with Gasteiger partial charge in [0.1, 0.15) is 0 Å². The van der Waals surface area contributed by atoms with Crippen LogP contribution in [-0.4, -0.2) is 11.1 Å². The van der Waals surface area contributed by atoms with Gasteiger partial charge in [0.05, 0.1) is 5.41 Å². The van der Waals surface area contributed by atoms with Crippen LogP contribution >= 0.6 is 23.2 Å². The third-order valence-corrected chi connectivity index (χ3v) is 3.21. The summed E-state index contributed by atoms with van der Waals surface area (Å²) in [5, 5.41) is 10.1. The van der Waals surface area contributed by atoms with Crippen molar-refractivity contribution in [2.24, 2.45) is 5.41 Å². The van der Waals surface area contributed by atoms with Gasteiger partial charge in [-0.05, 0) is 43.0 Å². The summed E-state index contributed by atoms with van der Waals surface area (Å²) in [5.74, 6) is -0.724. The largest absolute Gasteiger partial charge is 0.481 e. The highest BCUT2D eigenvalue weighted by Gasteiger charge is 2.49. The summed E-state index contributed by atoms with van der Waals surface area (Å²) in [5.41, 5.74) is 0.334. The molecule has 1 saturated carbocycles. The fourth-order valence-corrected chi connectivity index (χ4v) is 2.29. The van der Waals surface area contributed by atoms with Gasteiger partial charge in [-0.25, -0.2) is 0 Å². The zero-order valence-corrected chi connectivity index (χ0v) is 9.48. The van der Waals surface area contributed by atoms with Crippen LogP contribution in [0.2, 0.25) is 10.0 Å². The predicted octanol–water partition coefficient (Wildman–Crippen LogP) is 3.40. The molecule has 1 N–H and O–H groups in total. The van der Waals surface area contributed by atoms with Crippen LogP contribution in [-0.2, 0) is 11.2 Å². The normalized spacial score (nSPS) is 17.5. The SMILES string of the molecule is O=C(O)C1(Cc2cc(Cl)cc(Cl)c2)CC1. The fraction of sp³-hybridized carbons (Fsp3) is 0.364. The Morgan fingerprint density at radius 1 is 1.27 bits per heavy atom. The van der Waals surface area contributed by atoms with Gasteiger partial charge < -0.3 is 5.11 Å². The van der Waals surface area contributed by atoms with Gasteiger partial charge in [0.25, 0.3) is 0 Å². The van der Waals surface area contributed by atoms with Gasteiger partial charge in [-0.3, -0.25) is 4.79 Å². The van der Waals surface area contributed by atoms with Crippen LogP contribution < -0.4 is 0 Å². The molecule has 0 aliphatic heterocycles. The van der Waals surface area contributed by atoms with Crippen molar-refractivity contribution >= 4 is 29.2 Å². The number of carboxylic acids is 1. The molecule has 0 radical (unpaired) electrons. The molecule has 0 amide bonds. The van der Waals surface area contributed by atoms with Crippen LogP contribution in [0.1, 0.15) is 18.4 Å². The van der Waals surface area contributed by atoms with E-state index in [9.17, 15) is 4.79 Å². The van der Waals surface area contributed by atoms with E-state index in [0.717, 1.165) is 18.4 Å². The zero-order valence-electron chi connectivity index (χ0n) is 7.96. The summed E-state index contributed by atoms with van der Waals surface area (Å²) in [4.78, 5) is 11.0. The second-order valence-corrected chi connectivity index (χ2v) is 4.91. The number of hydrogen-bond donors (Lipinski definition) is 1. The molecule has 1 aromatic carbocycles. The minimum absolute atomic E-state index is 0.516. The molecule has 0 unspecified atom stereocenters. The highest BCUT2D eigenvalue weighted by atomic mass is 35.5. The smallest absolute Gasteiger partial charge is 0.309 e. The number of hydrogen-bond acceptors (Lipinski definition) is 1. The van der Waals surface area contributed by atoms with Crippen LogP contribution in [0.15, 0.2) is 18.2 Å². The lowest BCUT2D eigenvalue weighted by molar-refractivity contribution is -0.143. The molecule has 1 aliphatic rings. The van der Waals surface area contributed by atoms with E-state index in [0.29, 0.717) is 16.5 Å². The average molecular weight is 245 g/mol. The number of benzene rings is 1. The molecule has 80 valence electrons. The van der Waals surface area contributed by atoms with Gasteiger partial charge in [-0.2, -0.15) is 0 Å². The van der Waals surface area contributed by atoms with Crippen molar-refractivity contribution in [1.29, 1.82) is 0 Å². The zero-order chi connectivity index (χ0) is 11.1. The Morgan fingerprint density at radius 3 is 2.20 bits per heavy atom. The van der Waals surface area contributed by atoms with Crippen LogP contribution in [0.4, 0.5) is 0 Å². The molecule has 2 nitrogen and oxygen atoms in total. The van der Waals surface area contributed by atoms with Crippen LogP contribution in [0.3, 0.4) is 0 Å². The second-order valence-electron chi connectivity index (χ2n) is 4.04. The van der Waals surface area contributed by atoms with Crippen molar-refractivity contribution < 1.29 is 9.90 Å². The lowest BCUT2D eigenvalue weighted by Crippen LogP contribution is -2.17. The first-order chi connectivity index (χ1) is 7.02. The van der Waals surface area contributed by atoms with Crippen molar-refractivity contribution in [3.8, 4) is 0 Å². The molecular weight excluding hydrogens is 235 g/mol. The molecule has 0 aromatic heterocycles. The molecule has 0 spiro atoms. The number of rotatable bonds is 3. The van der Waals surface area contributed by atoms with Crippen molar-refractivity contribution in [3.63, 3.8) is 0 Å². The van der Waals surface area contributed by atoms with Gasteiger partial charge in [-0.15, -0.1) is 0 Å². The van der Waals surface area contributed by atoms with Crippen molar-refractivity contribution in [2.75, 3.05) is 0 Å². The van der Waals surface area contributed by atoms with E-state index < -0.39 is 11.4 Å². The van der Waals surface area contributed by atoms with Crippen molar-refractivity contribution in [1.82, 2.24) is 0 Å². The Morgan fingerprint density at radius 2 is 1.80 bits per heavy atom. The minimum Gasteiger partial charge on any atom is -0.481 e. The summed E-state index contributed by atoms with van der Waals surface area (Å²) in [6, 6.07) is 5.19. The van der Waals surface area contributed by atoms with E-state index in [-0.39, 0.29) is 0 Å². The third-order valence-electron chi connectivity index (χ3n) is 2.77. The van der Waals surface area contributed by atoms with E-state index in [1.807, 2.05) is 0 Å². The maximum atomic E-state index is 11.0. The van der Waals surface area contributed by atoms with Gasteiger partial charge in [0, 0.05) is 10.0 Å². The number of halogens is 2. The molecule has 0 bridgehead atoms. The molecule has 2 rings (SSSR count). The maximum Gasteiger partial charge on any atom is 0.309 e. The molecule has 0 heterocycles. The highest BCUT2D eigenvalue weighted by molar-refractivity contribution is 6.34. The first-order valence-corrected chi connectivity index (χ1v) is 5.46. The molecule has 1 aromatic rings. The molecule has 15 heavy (non-hydrogen) atoms.